The Labute approximate surface area is 87.6 Å². The molecule has 0 amide bonds. The van der Waals surface area contributed by atoms with Crippen molar-refractivity contribution < 1.29 is 4.74 Å². The number of likely N-dealkylation sites (N-methyl/N-ethyl adjacent to an activating group) is 1. The molecule has 3 unspecified atom stereocenters. The largest absolute Gasteiger partial charge is 0.379 e. The quantitative estimate of drug-likeness (QED) is 0.667. The molecule has 0 saturated carbocycles. The third-order valence-electron chi connectivity index (χ3n) is 3.17. The van der Waals surface area contributed by atoms with Gasteiger partial charge in [0.15, 0.2) is 0 Å². The highest BCUT2D eigenvalue weighted by molar-refractivity contribution is 4.81. The maximum Gasteiger partial charge on any atom is 0.0623 e. The van der Waals surface area contributed by atoms with Crippen LogP contribution in [-0.2, 0) is 4.74 Å². The second-order valence-electron chi connectivity index (χ2n) is 4.36. The van der Waals surface area contributed by atoms with Crippen LogP contribution in [0.3, 0.4) is 0 Å². The van der Waals surface area contributed by atoms with Crippen LogP contribution in [0.25, 0.3) is 0 Å². The third kappa shape index (κ3) is 3.56. The lowest BCUT2D eigenvalue weighted by molar-refractivity contribution is 0.182. The summed E-state index contributed by atoms with van der Waals surface area (Å²) in [7, 11) is 2.01. The standard InChI is InChI=1S/C11H24N2O/c1-4-9(2)5-13-6-10-7-14-8-11(10)12-3/h9-13H,4-8H2,1-3H3. The van der Waals surface area contributed by atoms with Gasteiger partial charge in [0.25, 0.3) is 0 Å². The van der Waals surface area contributed by atoms with Crippen LogP contribution in [0, 0.1) is 11.8 Å². The average molecular weight is 200 g/mol. The van der Waals surface area contributed by atoms with Crippen molar-refractivity contribution in [2.75, 3.05) is 33.4 Å². The number of rotatable bonds is 6. The van der Waals surface area contributed by atoms with Gasteiger partial charge in [-0.3, -0.25) is 0 Å². The first-order valence-electron chi connectivity index (χ1n) is 5.73. The summed E-state index contributed by atoms with van der Waals surface area (Å²) in [5.74, 6) is 1.43. The van der Waals surface area contributed by atoms with Crippen molar-refractivity contribution in [2.45, 2.75) is 26.3 Å². The summed E-state index contributed by atoms with van der Waals surface area (Å²) in [6.45, 7) is 8.50. The molecule has 1 heterocycles. The van der Waals surface area contributed by atoms with Crippen LogP contribution in [0.15, 0.2) is 0 Å². The molecule has 1 saturated heterocycles. The zero-order valence-corrected chi connectivity index (χ0v) is 9.68. The van der Waals surface area contributed by atoms with E-state index >= 15 is 0 Å². The molecule has 84 valence electrons. The van der Waals surface area contributed by atoms with Crippen LogP contribution in [0.4, 0.5) is 0 Å². The number of ether oxygens (including phenoxy) is 1. The van der Waals surface area contributed by atoms with Crippen LogP contribution >= 0.6 is 0 Å². The molecule has 1 aliphatic rings. The minimum absolute atomic E-state index is 0.541. The Morgan fingerprint density at radius 3 is 2.86 bits per heavy atom. The Hall–Kier alpha value is -0.120. The van der Waals surface area contributed by atoms with Gasteiger partial charge >= 0.3 is 0 Å². The number of nitrogens with one attached hydrogen (secondary N) is 2. The van der Waals surface area contributed by atoms with Gasteiger partial charge < -0.3 is 15.4 Å². The third-order valence-corrected chi connectivity index (χ3v) is 3.17. The summed E-state index contributed by atoms with van der Waals surface area (Å²) in [5.41, 5.74) is 0. The average Bonchev–Trinajstić information content (AvgIpc) is 2.65. The van der Waals surface area contributed by atoms with Crippen molar-refractivity contribution in [2.24, 2.45) is 11.8 Å². The van der Waals surface area contributed by atoms with E-state index in [0.717, 1.165) is 32.2 Å². The summed E-state index contributed by atoms with van der Waals surface area (Å²) < 4.78 is 5.44. The van der Waals surface area contributed by atoms with Crippen molar-refractivity contribution in [3.63, 3.8) is 0 Å². The summed E-state index contributed by atoms with van der Waals surface area (Å²) in [5, 5.41) is 6.82. The first kappa shape index (κ1) is 12.0. The van der Waals surface area contributed by atoms with E-state index in [0.29, 0.717) is 12.0 Å². The molecule has 0 bridgehead atoms. The molecule has 14 heavy (non-hydrogen) atoms. The molecule has 3 heteroatoms. The zero-order chi connectivity index (χ0) is 10.4. The smallest absolute Gasteiger partial charge is 0.0623 e. The summed E-state index contributed by atoms with van der Waals surface area (Å²) in [6, 6.07) is 0.541. The van der Waals surface area contributed by atoms with Crippen molar-refractivity contribution in [3.8, 4) is 0 Å². The Morgan fingerprint density at radius 2 is 2.21 bits per heavy atom. The predicted octanol–water partition coefficient (Wildman–Crippen LogP) is 0.857. The second kappa shape index (κ2) is 6.38. The molecule has 0 aromatic rings. The van der Waals surface area contributed by atoms with Crippen LogP contribution in [0.2, 0.25) is 0 Å². The topological polar surface area (TPSA) is 33.3 Å². The van der Waals surface area contributed by atoms with Gasteiger partial charge in [-0.15, -0.1) is 0 Å². The lowest BCUT2D eigenvalue weighted by Gasteiger charge is -2.18. The minimum Gasteiger partial charge on any atom is -0.379 e. The van der Waals surface area contributed by atoms with Gasteiger partial charge in [-0.1, -0.05) is 20.3 Å². The fourth-order valence-corrected chi connectivity index (χ4v) is 1.78. The predicted molar refractivity (Wildman–Crippen MR) is 59.5 cm³/mol. The summed E-state index contributed by atoms with van der Waals surface area (Å²) in [6.07, 6.45) is 1.25. The number of hydrogen-bond acceptors (Lipinski definition) is 3. The van der Waals surface area contributed by atoms with Gasteiger partial charge in [0.2, 0.25) is 0 Å². The molecule has 0 aromatic heterocycles. The van der Waals surface area contributed by atoms with Gasteiger partial charge in [0.1, 0.15) is 0 Å². The minimum atomic E-state index is 0.541. The Balaban J connectivity index is 2.11. The Bertz CT molecular complexity index is 152. The SMILES string of the molecule is CCC(C)CNCC1COCC1NC. The highest BCUT2D eigenvalue weighted by Gasteiger charge is 2.26. The molecule has 1 rings (SSSR count). The first-order chi connectivity index (χ1) is 6.77. The highest BCUT2D eigenvalue weighted by atomic mass is 16.5. The van der Waals surface area contributed by atoms with Gasteiger partial charge in [0.05, 0.1) is 13.2 Å². The molecule has 3 atom stereocenters. The van der Waals surface area contributed by atoms with E-state index < -0.39 is 0 Å². The number of hydrogen-bond donors (Lipinski definition) is 2. The second-order valence-corrected chi connectivity index (χ2v) is 4.36. The fourth-order valence-electron chi connectivity index (χ4n) is 1.78. The maximum atomic E-state index is 5.44. The van der Waals surface area contributed by atoms with E-state index in [9.17, 15) is 0 Å². The molecule has 1 aliphatic heterocycles. The molecule has 2 N–H and O–H groups in total. The highest BCUT2D eigenvalue weighted by Crippen LogP contribution is 2.12. The Kier molecular flexibility index (Phi) is 5.45. The summed E-state index contributed by atoms with van der Waals surface area (Å²) in [4.78, 5) is 0. The fraction of sp³-hybridized carbons (Fsp3) is 1.00. The van der Waals surface area contributed by atoms with Crippen LogP contribution < -0.4 is 10.6 Å². The lowest BCUT2D eigenvalue weighted by Crippen LogP contribution is -2.39. The van der Waals surface area contributed by atoms with E-state index in [2.05, 4.69) is 24.5 Å². The van der Waals surface area contributed by atoms with E-state index in [1.807, 2.05) is 7.05 Å². The van der Waals surface area contributed by atoms with E-state index in [4.69, 9.17) is 4.74 Å². The van der Waals surface area contributed by atoms with Gasteiger partial charge in [0, 0.05) is 18.5 Å². The van der Waals surface area contributed by atoms with Gasteiger partial charge in [-0.05, 0) is 19.5 Å². The molecule has 0 radical (unpaired) electrons. The Morgan fingerprint density at radius 1 is 1.43 bits per heavy atom. The van der Waals surface area contributed by atoms with Crippen molar-refractivity contribution in [1.82, 2.24) is 10.6 Å². The zero-order valence-electron chi connectivity index (χ0n) is 9.68. The molecule has 3 nitrogen and oxygen atoms in total. The van der Waals surface area contributed by atoms with E-state index in [1.54, 1.807) is 0 Å². The van der Waals surface area contributed by atoms with Gasteiger partial charge in [-0.25, -0.2) is 0 Å². The van der Waals surface area contributed by atoms with Crippen LogP contribution in [0.5, 0.6) is 0 Å². The van der Waals surface area contributed by atoms with E-state index in [1.165, 1.54) is 6.42 Å². The molecular formula is C11H24N2O. The maximum absolute atomic E-state index is 5.44. The lowest BCUT2D eigenvalue weighted by atomic mass is 10.0. The monoisotopic (exact) mass is 200 g/mol. The molecule has 0 aliphatic carbocycles. The molecule has 0 spiro atoms. The van der Waals surface area contributed by atoms with Crippen molar-refractivity contribution >= 4 is 0 Å². The summed E-state index contributed by atoms with van der Waals surface area (Å²) >= 11 is 0. The van der Waals surface area contributed by atoms with Crippen molar-refractivity contribution in [3.05, 3.63) is 0 Å². The van der Waals surface area contributed by atoms with Crippen LogP contribution in [-0.4, -0.2) is 39.4 Å². The van der Waals surface area contributed by atoms with Gasteiger partial charge in [-0.2, -0.15) is 0 Å². The van der Waals surface area contributed by atoms with Crippen molar-refractivity contribution in [1.29, 1.82) is 0 Å². The van der Waals surface area contributed by atoms with Crippen LogP contribution in [0.1, 0.15) is 20.3 Å². The molecular weight excluding hydrogens is 176 g/mol. The molecule has 1 fully saturated rings. The first-order valence-corrected chi connectivity index (χ1v) is 5.73. The molecule has 0 aromatic carbocycles. The normalized spacial score (nSPS) is 29.4. The van der Waals surface area contributed by atoms with E-state index in [-0.39, 0.29) is 0 Å².